The van der Waals surface area contributed by atoms with Gasteiger partial charge in [-0.1, -0.05) is 25.7 Å². The summed E-state index contributed by atoms with van der Waals surface area (Å²) in [7, 11) is 0. The predicted octanol–water partition coefficient (Wildman–Crippen LogP) is 2.67. The van der Waals surface area contributed by atoms with Crippen molar-refractivity contribution in [3.63, 3.8) is 0 Å². The van der Waals surface area contributed by atoms with Crippen LogP contribution >= 0.6 is 11.3 Å². The summed E-state index contributed by atoms with van der Waals surface area (Å²) in [5.41, 5.74) is 0.494. The predicted molar refractivity (Wildman–Crippen MR) is 80.7 cm³/mol. The summed E-state index contributed by atoms with van der Waals surface area (Å²) >= 11 is 1.11. The third-order valence-electron chi connectivity index (χ3n) is 3.63. The lowest BCUT2D eigenvalue weighted by atomic mass is 10.1. The molecule has 6 nitrogen and oxygen atoms in total. The maximum absolute atomic E-state index is 11.9. The number of aromatic nitrogens is 1. The topological polar surface area (TPSA) is 91.3 Å². The zero-order valence-corrected chi connectivity index (χ0v) is 13.0. The molecule has 0 bridgehead atoms. The van der Waals surface area contributed by atoms with Crippen molar-refractivity contribution in [3.05, 3.63) is 15.6 Å². The first-order chi connectivity index (χ1) is 10.1. The first-order valence-corrected chi connectivity index (χ1v) is 8.12. The van der Waals surface area contributed by atoms with Gasteiger partial charge in [0.05, 0.1) is 12.2 Å². The molecule has 1 aromatic heterocycles. The Labute approximate surface area is 128 Å². The van der Waals surface area contributed by atoms with Crippen LogP contribution in [0.15, 0.2) is 0 Å². The van der Waals surface area contributed by atoms with Crippen LogP contribution < -0.4 is 10.6 Å². The van der Waals surface area contributed by atoms with Crippen LogP contribution in [-0.4, -0.2) is 28.1 Å². The summed E-state index contributed by atoms with van der Waals surface area (Å²) < 4.78 is 0. The number of thiazole rings is 1. The van der Waals surface area contributed by atoms with Crippen molar-refractivity contribution in [1.29, 1.82) is 0 Å². The summed E-state index contributed by atoms with van der Waals surface area (Å²) in [5.74, 6) is -0.973. The van der Waals surface area contributed by atoms with Gasteiger partial charge >= 0.3 is 12.0 Å². The van der Waals surface area contributed by atoms with E-state index in [0.717, 1.165) is 24.2 Å². The second kappa shape index (κ2) is 7.40. The number of carboxylic acid groups (broad SMARTS) is 1. The molecule has 0 aliphatic heterocycles. The summed E-state index contributed by atoms with van der Waals surface area (Å²) in [6.45, 7) is 1.92. The third-order valence-corrected chi connectivity index (χ3v) is 4.77. The van der Waals surface area contributed by atoms with E-state index in [1.54, 1.807) is 6.92 Å². The standard InChI is InChI=1S/C14H21N3O3S/c1-9-12(13(18)19)21-11(16-9)8-15-14(20)17-10-6-4-2-3-5-7-10/h10H,2-8H2,1H3,(H,18,19)(H2,15,17,20). The molecule has 0 spiro atoms. The summed E-state index contributed by atoms with van der Waals surface area (Å²) in [4.78, 5) is 27.2. The number of nitrogens with one attached hydrogen (secondary N) is 2. The smallest absolute Gasteiger partial charge is 0.347 e. The van der Waals surface area contributed by atoms with E-state index in [0.29, 0.717) is 10.7 Å². The Balaban J connectivity index is 1.80. The lowest BCUT2D eigenvalue weighted by molar-refractivity contribution is 0.0701. The van der Waals surface area contributed by atoms with Gasteiger partial charge in [-0.15, -0.1) is 11.3 Å². The molecule has 3 N–H and O–H groups in total. The van der Waals surface area contributed by atoms with Crippen molar-refractivity contribution in [3.8, 4) is 0 Å². The van der Waals surface area contributed by atoms with E-state index in [2.05, 4.69) is 15.6 Å². The van der Waals surface area contributed by atoms with Gasteiger partial charge in [0.2, 0.25) is 0 Å². The first kappa shape index (κ1) is 15.8. The molecule has 0 radical (unpaired) electrons. The molecule has 2 amide bonds. The van der Waals surface area contributed by atoms with Crippen LogP contribution in [0, 0.1) is 6.92 Å². The fourth-order valence-corrected chi connectivity index (χ4v) is 3.39. The molecule has 0 saturated heterocycles. The van der Waals surface area contributed by atoms with E-state index in [4.69, 9.17) is 5.11 Å². The number of amides is 2. The van der Waals surface area contributed by atoms with Gasteiger partial charge in [0.25, 0.3) is 0 Å². The van der Waals surface area contributed by atoms with Crippen LogP contribution in [0.1, 0.15) is 58.9 Å². The van der Waals surface area contributed by atoms with Gasteiger partial charge in [0, 0.05) is 6.04 Å². The van der Waals surface area contributed by atoms with Crippen molar-refractivity contribution in [2.45, 2.75) is 58.0 Å². The maximum atomic E-state index is 11.9. The van der Waals surface area contributed by atoms with Gasteiger partial charge in [-0.2, -0.15) is 0 Å². The van der Waals surface area contributed by atoms with E-state index in [1.165, 1.54) is 25.7 Å². The molecule has 1 aliphatic rings. The fraction of sp³-hybridized carbons (Fsp3) is 0.643. The van der Waals surface area contributed by atoms with Crippen molar-refractivity contribution in [2.24, 2.45) is 0 Å². The van der Waals surface area contributed by atoms with Crippen molar-refractivity contribution >= 4 is 23.3 Å². The largest absolute Gasteiger partial charge is 0.477 e. The van der Waals surface area contributed by atoms with E-state index < -0.39 is 5.97 Å². The second-order valence-corrected chi connectivity index (χ2v) is 6.43. The minimum Gasteiger partial charge on any atom is -0.477 e. The number of carbonyl (C=O) groups is 2. The van der Waals surface area contributed by atoms with Gasteiger partial charge in [0.15, 0.2) is 0 Å². The number of hydrogen-bond donors (Lipinski definition) is 3. The average molecular weight is 311 g/mol. The second-order valence-electron chi connectivity index (χ2n) is 5.34. The highest BCUT2D eigenvalue weighted by Crippen LogP contribution is 2.18. The van der Waals surface area contributed by atoms with Crippen LogP contribution in [0.25, 0.3) is 0 Å². The van der Waals surface area contributed by atoms with E-state index in [1.807, 2.05) is 0 Å². The lowest BCUT2D eigenvalue weighted by Crippen LogP contribution is -2.41. The number of carboxylic acids is 1. The minimum absolute atomic E-state index is 0.202. The van der Waals surface area contributed by atoms with Crippen molar-refractivity contribution in [2.75, 3.05) is 0 Å². The van der Waals surface area contributed by atoms with E-state index >= 15 is 0 Å². The van der Waals surface area contributed by atoms with Gasteiger partial charge in [-0.25, -0.2) is 14.6 Å². The number of aromatic carboxylic acids is 1. The van der Waals surface area contributed by atoms with Crippen LogP contribution in [0.5, 0.6) is 0 Å². The zero-order chi connectivity index (χ0) is 15.2. The Hall–Kier alpha value is -1.63. The molecule has 21 heavy (non-hydrogen) atoms. The number of nitrogens with zero attached hydrogens (tertiary/aromatic N) is 1. The van der Waals surface area contributed by atoms with Gasteiger partial charge in [-0.3, -0.25) is 0 Å². The zero-order valence-electron chi connectivity index (χ0n) is 12.1. The number of hydrogen-bond acceptors (Lipinski definition) is 4. The van der Waals surface area contributed by atoms with Crippen LogP contribution in [0.2, 0.25) is 0 Å². The Bertz CT molecular complexity index is 508. The molecular formula is C14H21N3O3S. The van der Waals surface area contributed by atoms with Crippen molar-refractivity contribution < 1.29 is 14.7 Å². The quantitative estimate of drug-likeness (QED) is 0.746. The highest BCUT2D eigenvalue weighted by molar-refractivity contribution is 7.13. The molecule has 1 saturated carbocycles. The molecule has 116 valence electrons. The van der Waals surface area contributed by atoms with Crippen LogP contribution in [0.3, 0.4) is 0 Å². The molecule has 1 aromatic rings. The van der Waals surface area contributed by atoms with Crippen LogP contribution in [-0.2, 0) is 6.54 Å². The first-order valence-electron chi connectivity index (χ1n) is 7.30. The maximum Gasteiger partial charge on any atom is 0.347 e. The average Bonchev–Trinajstić information content (AvgIpc) is 2.63. The van der Waals surface area contributed by atoms with E-state index in [-0.39, 0.29) is 23.5 Å². The number of aryl methyl sites for hydroxylation is 1. The summed E-state index contributed by atoms with van der Waals surface area (Å²) in [6.07, 6.45) is 6.89. The Kier molecular flexibility index (Phi) is 5.55. The minimum atomic E-state index is -0.973. The summed E-state index contributed by atoms with van der Waals surface area (Å²) in [6, 6.07) is 0.0479. The Morgan fingerprint density at radius 1 is 1.29 bits per heavy atom. The third kappa shape index (κ3) is 4.70. The van der Waals surface area contributed by atoms with Gasteiger partial charge in [0.1, 0.15) is 9.88 Å². The molecule has 1 fully saturated rings. The highest BCUT2D eigenvalue weighted by Gasteiger charge is 2.16. The van der Waals surface area contributed by atoms with Gasteiger partial charge in [-0.05, 0) is 19.8 Å². The normalized spacial score (nSPS) is 16.2. The highest BCUT2D eigenvalue weighted by atomic mass is 32.1. The molecule has 1 aliphatic carbocycles. The monoisotopic (exact) mass is 311 g/mol. The van der Waals surface area contributed by atoms with Gasteiger partial charge < -0.3 is 15.7 Å². The number of urea groups is 1. The van der Waals surface area contributed by atoms with E-state index in [9.17, 15) is 9.59 Å². The lowest BCUT2D eigenvalue weighted by Gasteiger charge is -2.16. The Morgan fingerprint density at radius 3 is 2.52 bits per heavy atom. The molecular weight excluding hydrogens is 290 g/mol. The SMILES string of the molecule is Cc1nc(CNC(=O)NC2CCCCCC2)sc1C(=O)O. The fourth-order valence-electron chi connectivity index (χ4n) is 2.54. The number of carbonyl (C=O) groups excluding carboxylic acids is 1. The molecule has 2 rings (SSSR count). The molecule has 0 atom stereocenters. The molecule has 0 unspecified atom stereocenters. The van der Waals surface area contributed by atoms with Crippen molar-refractivity contribution in [1.82, 2.24) is 15.6 Å². The number of rotatable bonds is 4. The molecule has 7 heteroatoms. The molecule has 0 aromatic carbocycles. The van der Waals surface area contributed by atoms with Crippen LogP contribution in [0.4, 0.5) is 4.79 Å². The summed E-state index contributed by atoms with van der Waals surface area (Å²) in [5, 5.41) is 15.3. The Morgan fingerprint density at radius 2 is 1.95 bits per heavy atom. The molecule has 1 heterocycles.